The zero-order chi connectivity index (χ0) is 31.5. The van der Waals surface area contributed by atoms with E-state index in [1.54, 1.807) is 42.5 Å². The smallest absolute Gasteiger partial charge is 0.264 e. The molecule has 44 heavy (non-hydrogen) atoms. The maximum Gasteiger partial charge on any atom is 0.264 e. The molecule has 0 saturated heterocycles. The van der Waals surface area contributed by atoms with Crippen LogP contribution in [-0.4, -0.2) is 53.8 Å². The minimum Gasteiger partial charge on any atom is -0.497 e. The molecule has 4 aromatic carbocycles. The summed E-state index contributed by atoms with van der Waals surface area (Å²) in [5.74, 6) is -0.368. The number of amides is 2. The average Bonchev–Trinajstić information content (AvgIpc) is 3.04. The van der Waals surface area contributed by atoms with Gasteiger partial charge in [-0.05, 0) is 90.5 Å². The van der Waals surface area contributed by atoms with Crippen molar-refractivity contribution in [3.63, 3.8) is 0 Å². The van der Waals surface area contributed by atoms with Crippen LogP contribution in [0.25, 0.3) is 0 Å². The number of methoxy groups -OCH3 is 2. The van der Waals surface area contributed by atoms with Gasteiger partial charge in [0.05, 0.1) is 31.0 Å². The highest BCUT2D eigenvalue weighted by atomic mass is 32.2. The van der Waals surface area contributed by atoms with Crippen molar-refractivity contribution in [2.75, 3.05) is 37.0 Å². The quantitative estimate of drug-likeness (QED) is 0.169. The molecule has 4 rings (SSSR count). The summed E-state index contributed by atoms with van der Waals surface area (Å²) in [7, 11) is -1.32. The first-order chi connectivity index (χ1) is 21.2. The van der Waals surface area contributed by atoms with Gasteiger partial charge in [0.2, 0.25) is 0 Å². The molecule has 0 aliphatic heterocycles. The number of hydrogen-bond acceptors (Lipinski definition) is 8. The monoisotopic (exact) mass is 620 g/mol. The number of hydrazone groups is 1. The van der Waals surface area contributed by atoms with Crippen LogP contribution in [0.4, 0.5) is 15.8 Å². The molecule has 0 aliphatic rings. The Balaban J connectivity index is 1.38. The van der Waals surface area contributed by atoms with Crippen molar-refractivity contribution < 1.29 is 36.6 Å². The molecule has 13 heteroatoms. The van der Waals surface area contributed by atoms with Gasteiger partial charge in [0.1, 0.15) is 29.6 Å². The second kappa shape index (κ2) is 14.6. The Kier molecular flexibility index (Phi) is 10.5. The minimum absolute atomic E-state index is 0.0456. The largest absolute Gasteiger partial charge is 0.497 e. The summed E-state index contributed by atoms with van der Waals surface area (Å²) in [6, 6.07) is 24.1. The molecule has 0 radical (unpaired) electrons. The van der Waals surface area contributed by atoms with Gasteiger partial charge in [0.25, 0.3) is 21.8 Å². The van der Waals surface area contributed by atoms with E-state index in [1.807, 2.05) is 0 Å². The van der Waals surface area contributed by atoms with Crippen LogP contribution in [0.1, 0.15) is 5.56 Å². The highest BCUT2D eigenvalue weighted by molar-refractivity contribution is 7.92. The minimum atomic E-state index is -4.19. The Hall–Kier alpha value is -5.43. The predicted molar refractivity (Wildman–Crippen MR) is 163 cm³/mol. The molecule has 0 spiro atoms. The van der Waals surface area contributed by atoms with Crippen molar-refractivity contribution in [2.45, 2.75) is 4.90 Å². The van der Waals surface area contributed by atoms with Crippen molar-refractivity contribution in [3.8, 4) is 17.2 Å². The van der Waals surface area contributed by atoms with Crippen molar-refractivity contribution in [2.24, 2.45) is 5.10 Å². The normalized spacial score (nSPS) is 11.1. The molecular formula is C31H29FN4O7S. The van der Waals surface area contributed by atoms with Crippen LogP contribution < -0.4 is 29.3 Å². The van der Waals surface area contributed by atoms with Gasteiger partial charge in [0, 0.05) is 5.69 Å². The number of nitrogens with one attached hydrogen (secondary N) is 2. The third-order valence-electron chi connectivity index (χ3n) is 6.07. The van der Waals surface area contributed by atoms with Gasteiger partial charge in [-0.3, -0.25) is 13.9 Å². The number of hydrogen-bond donors (Lipinski definition) is 2. The van der Waals surface area contributed by atoms with E-state index in [1.165, 1.54) is 75.0 Å². The molecule has 11 nitrogen and oxygen atoms in total. The molecule has 0 heterocycles. The van der Waals surface area contributed by atoms with Gasteiger partial charge in [-0.15, -0.1) is 0 Å². The van der Waals surface area contributed by atoms with Gasteiger partial charge in [-0.2, -0.15) is 5.10 Å². The number of carbonyl (C=O) groups excluding carboxylic acids is 2. The lowest BCUT2D eigenvalue weighted by atomic mass is 10.2. The lowest BCUT2D eigenvalue weighted by molar-refractivity contribution is -0.119. The van der Waals surface area contributed by atoms with Crippen molar-refractivity contribution >= 4 is 39.4 Å². The molecule has 0 fully saturated rings. The summed E-state index contributed by atoms with van der Waals surface area (Å²) < 4.78 is 57.1. The van der Waals surface area contributed by atoms with E-state index in [0.29, 0.717) is 22.7 Å². The molecule has 0 saturated carbocycles. The lowest BCUT2D eigenvalue weighted by Gasteiger charge is -2.25. The highest BCUT2D eigenvalue weighted by Crippen LogP contribution is 2.32. The van der Waals surface area contributed by atoms with Gasteiger partial charge in [-0.1, -0.05) is 12.1 Å². The van der Waals surface area contributed by atoms with Crippen molar-refractivity contribution in [1.82, 2.24) is 5.43 Å². The number of rotatable bonds is 13. The van der Waals surface area contributed by atoms with Crippen molar-refractivity contribution in [3.05, 3.63) is 108 Å². The molecule has 2 amide bonds. The Morgan fingerprint density at radius 1 is 0.841 bits per heavy atom. The molecule has 0 atom stereocenters. The summed E-state index contributed by atoms with van der Waals surface area (Å²) in [6.45, 7) is -0.845. The van der Waals surface area contributed by atoms with Crippen LogP contribution in [0.3, 0.4) is 0 Å². The molecule has 4 aromatic rings. The Bertz CT molecular complexity index is 1710. The number of ether oxygens (including phenoxy) is 3. The second-order valence-electron chi connectivity index (χ2n) is 9.07. The van der Waals surface area contributed by atoms with Crippen molar-refractivity contribution in [1.29, 1.82) is 0 Å². The first kappa shape index (κ1) is 31.5. The zero-order valence-electron chi connectivity index (χ0n) is 23.8. The predicted octanol–water partition coefficient (Wildman–Crippen LogP) is 4.21. The van der Waals surface area contributed by atoms with E-state index in [0.717, 1.165) is 4.31 Å². The van der Waals surface area contributed by atoms with Gasteiger partial charge in [0.15, 0.2) is 6.61 Å². The number of anilines is 2. The molecule has 0 aliphatic carbocycles. The Morgan fingerprint density at radius 2 is 1.50 bits per heavy atom. The standard InChI is InChI=1S/C31H29FN4O7S/c1-41-25-15-17-27(18-16-25)44(39,40)36(28-5-3-4-6-29(28)42-2)20-30(37)35-33-19-22-7-13-26(14-8-22)43-21-31(38)34-24-11-9-23(32)10-12-24/h3-19H,20-21H2,1-2H3,(H,34,38)(H,35,37)/b33-19-. The van der Waals surface area contributed by atoms with E-state index in [4.69, 9.17) is 14.2 Å². The molecule has 228 valence electrons. The summed E-state index contributed by atoms with van der Waals surface area (Å²) in [6.07, 6.45) is 1.37. The summed E-state index contributed by atoms with van der Waals surface area (Å²) in [4.78, 5) is 24.9. The fourth-order valence-corrected chi connectivity index (χ4v) is 5.32. The van der Waals surface area contributed by atoms with Gasteiger partial charge >= 0.3 is 0 Å². The third kappa shape index (κ3) is 8.32. The maximum absolute atomic E-state index is 13.6. The van der Waals surface area contributed by atoms with Crippen LogP contribution in [0.5, 0.6) is 17.2 Å². The number of halogens is 1. The molecule has 0 bridgehead atoms. The Morgan fingerprint density at radius 3 is 2.16 bits per heavy atom. The molecule has 0 unspecified atom stereocenters. The van der Waals surface area contributed by atoms with Gasteiger partial charge < -0.3 is 19.5 Å². The average molecular weight is 621 g/mol. The molecular weight excluding hydrogens is 591 g/mol. The van der Waals surface area contributed by atoms with E-state index in [2.05, 4.69) is 15.8 Å². The lowest BCUT2D eigenvalue weighted by Crippen LogP contribution is -2.39. The maximum atomic E-state index is 13.6. The SMILES string of the molecule is COc1ccc(S(=O)(=O)N(CC(=O)N/N=C\c2ccc(OCC(=O)Nc3ccc(F)cc3)cc2)c2ccccc2OC)cc1. The first-order valence-corrected chi connectivity index (χ1v) is 14.5. The van der Waals surface area contributed by atoms with E-state index >= 15 is 0 Å². The second-order valence-corrected chi connectivity index (χ2v) is 10.9. The highest BCUT2D eigenvalue weighted by Gasteiger charge is 2.29. The van der Waals surface area contributed by atoms with Crippen LogP contribution in [-0.2, 0) is 19.6 Å². The number of nitrogens with zero attached hydrogens (tertiary/aromatic N) is 2. The van der Waals surface area contributed by atoms with E-state index in [-0.39, 0.29) is 22.9 Å². The Labute approximate surface area is 253 Å². The summed E-state index contributed by atoms with van der Waals surface area (Å²) >= 11 is 0. The number of sulfonamides is 1. The van der Waals surface area contributed by atoms with E-state index in [9.17, 15) is 22.4 Å². The summed E-state index contributed by atoms with van der Waals surface area (Å²) in [5, 5.41) is 6.54. The van der Waals surface area contributed by atoms with E-state index < -0.39 is 34.2 Å². The zero-order valence-corrected chi connectivity index (χ0v) is 24.6. The van der Waals surface area contributed by atoms with Gasteiger partial charge in [-0.25, -0.2) is 18.2 Å². The van der Waals surface area contributed by atoms with Crippen LogP contribution >= 0.6 is 0 Å². The van der Waals surface area contributed by atoms with Crippen LogP contribution in [0, 0.1) is 5.82 Å². The van der Waals surface area contributed by atoms with Crippen LogP contribution in [0.2, 0.25) is 0 Å². The third-order valence-corrected chi connectivity index (χ3v) is 7.84. The molecule has 0 aromatic heterocycles. The number of carbonyl (C=O) groups is 2. The number of para-hydroxylation sites is 2. The first-order valence-electron chi connectivity index (χ1n) is 13.1. The fourth-order valence-electron chi connectivity index (χ4n) is 3.88. The topological polar surface area (TPSA) is 136 Å². The number of benzene rings is 4. The fraction of sp³-hybridized carbons (Fsp3) is 0.129. The summed E-state index contributed by atoms with van der Waals surface area (Å²) in [5.41, 5.74) is 3.56. The molecule has 2 N–H and O–H groups in total. The van der Waals surface area contributed by atoms with Crippen LogP contribution in [0.15, 0.2) is 107 Å².